The largest absolute Gasteiger partial charge is 0.494 e. The fourth-order valence-electron chi connectivity index (χ4n) is 2.20. The molecule has 4 nitrogen and oxygen atoms in total. The summed E-state index contributed by atoms with van der Waals surface area (Å²) >= 11 is 9.42. The Hall–Kier alpha value is -1.98. The van der Waals surface area contributed by atoms with Gasteiger partial charge in [-0.3, -0.25) is 4.99 Å². The number of benzene rings is 2. The lowest BCUT2D eigenvalue weighted by Gasteiger charge is -2.04. The number of aromatic nitrogens is 1. The fraction of sp³-hybridized carbons (Fsp3) is 0.0625. The number of fused-ring (bicyclic) bond motifs is 1. The van der Waals surface area contributed by atoms with Gasteiger partial charge in [-0.2, -0.15) is 0 Å². The number of aromatic hydroxyl groups is 1. The first kappa shape index (κ1) is 14.9. The molecule has 0 amide bonds. The van der Waals surface area contributed by atoms with E-state index in [9.17, 15) is 5.11 Å². The summed E-state index contributed by atoms with van der Waals surface area (Å²) in [6.45, 7) is 0. The quantitative estimate of drug-likeness (QED) is 0.626. The van der Waals surface area contributed by atoms with Gasteiger partial charge in [-0.25, -0.2) is 0 Å². The Morgan fingerprint density at radius 2 is 2.09 bits per heavy atom. The van der Waals surface area contributed by atoms with E-state index in [-0.39, 0.29) is 5.88 Å². The van der Waals surface area contributed by atoms with Crippen LogP contribution in [0.5, 0.6) is 11.6 Å². The molecule has 0 bridgehead atoms. The lowest BCUT2D eigenvalue weighted by Crippen LogP contribution is -1.84. The summed E-state index contributed by atoms with van der Waals surface area (Å²) < 4.78 is 6.18. The zero-order valence-electron chi connectivity index (χ0n) is 11.6. The molecule has 0 radical (unpaired) electrons. The maximum atomic E-state index is 10.1. The van der Waals surface area contributed by atoms with Crippen molar-refractivity contribution in [3.63, 3.8) is 0 Å². The number of nitrogens with one attached hydrogen (secondary N) is 1. The number of aliphatic imine (C=N–C) groups is 1. The third kappa shape index (κ3) is 2.82. The van der Waals surface area contributed by atoms with Gasteiger partial charge >= 0.3 is 0 Å². The highest BCUT2D eigenvalue weighted by Gasteiger charge is 2.10. The molecule has 0 saturated carbocycles. The second kappa shape index (κ2) is 6.02. The van der Waals surface area contributed by atoms with E-state index < -0.39 is 0 Å². The number of rotatable bonds is 3. The van der Waals surface area contributed by atoms with Crippen LogP contribution in [0.25, 0.3) is 10.9 Å². The van der Waals surface area contributed by atoms with E-state index in [1.165, 1.54) is 0 Å². The van der Waals surface area contributed by atoms with Gasteiger partial charge in [0.25, 0.3) is 0 Å². The van der Waals surface area contributed by atoms with Crippen molar-refractivity contribution in [1.29, 1.82) is 0 Å². The molecule has 3 rings (SSSR count). The van der Waals surface area contributed by atoms with Crippen molar-refractivity contribution in [2.24, 2.45) is 4.99 Å². The van der Waals surface area contributed by atoms with Gasteiger partial charge < -0.3 is 14.8 Å². The van der Waals surface area contributed by atoms with Gasteiger partial charge in [0, 0.05) is 26.6 Å². The average Bonchev–Trinajstić information content (AvgIpc) is 2.80. The highest BCUT2D eigenvalue weighted by Crippen LogP contribution is 2.32. The number of halogens is 2. The molecule has 112 valence electrons. The molecule has 2 N–H and O–H groups in total. The number of hydrogen-bond acceptors (Lipinski definition) is 3. The summed E-state index contributed by atoms with van der Waals surface area (Å²) in [6, 6.07) is 10.9. The Bertz CT molecular complexity index is 874. The molecule has 0 aliphatic carbocycles. The van der Waals surface area contributed by atoms with Crippen molar-refractivity contribution in [2.45, 2.75) is 0 Å². The van der Waals surface area contributed by atoms with Gasteiger partial charge in [0.2, 0.25) is 0 Å². The minimum atomic E-state index is 0.0674. The van der Waals surface area contributed by atoms with Gasteiger partial charge in [-0.1, -0.05) is 27.5 Å². The van der Waals surface area contributed by atoms with Crippen molar-refractivity contribution >= 4 is 50.3 Å². The van der Waals surface area contributed by atoms with Crippen LogP contribution in [0, 0.1) is 0 Å². The van der Waals surface area contributed by atoms with E-state index in [0.29, 0.717) is 22.0 Å². The Kier molecular flexibility index (Phi) is 4.09. The van der Waals surface area contributed by atoms with Gasteiger partial charge in [0.05, 0.1) is 12.7 Å². The molecule has 0 fully saturated rings. The minimum Gasteiger partial charge on any atom is -0.494 e. The first-order chi connectivity index (χ1) is 10.6. The number of hydrogen-bond donors (Lipinski definition) is 2. The summed E-state index contributed by atoms with van der Waals surface area (Å²) in [6.07, 6.45) is 1.59. The molecular weight excluding hydrogens is 368 g/mol. The monoisotopic (exact) mass is 378 g/mol. The molecule has 0 spiro atoms. The van der Waals surface area contributed by atoms with E-state index in [4.69, 9.17) is 16.3 Å². The number of methoxy groups -OCH3 is 1. The topological polar surface area (TPSA) is 57.6 Å². The van der Waals surface area contributed by atoms with Crippen LogP contribution in [0.3, 0.4) is 0 Å². The molecule has 3 aromatic rings. The van der Waals surface area contributed by atoms with Gasteiger partial charge in [-0.15, -0.1) is 0 Å². The molecule has 0 aliphatic heterocycles. The van der Waals surface area contributed by atoms with Crippen molar-refractivity contribution < 1.29 is 9.84 Å². The third-order valence-electron chi connectivity index (χ3n) is 3.25. The van der Waals surface area contributed by atoms with Crippen molar-refractivity contribution in [3.05, 3.63) is 51.5 Å². The lowest BCUT2D eigenvalue weighted by molar-refractivity contribution is 0.416. The zero-order chi connectivity index (χ0) is 15.7. The average molecular weight is 380 g/mol. The minimum absolute atomic E-state index is 0.0674. The molecule has 0 unspecified atom stereocenters. The van der Waals surface area contributed by atoms with Crippen LogP contribution >= 0.6 is 27.5 Å². The van der Waals surface area contributed by atoms with Crippen LogP contribution < -0.4 is 4.74 Å². The molecule has 1 heterocycles. The molecule has 0 saturated heterocycles. The second-order valence-electron chi connectivity index (χ2n) is 4.65. The normalized spacial score (nSPS) is 11.4. The number of nitrogens with zero attached hydrogens (tertiary/aromatic N) is 1. The second-order valence-corrected chi connectivity index (χ2v) is 6.00. The smallest absolute Gasteiger partial charge is 0.198 e. The molecule has 6 heteroatoms. The molecule has 1 aromatic heterocycles. The zero-order valence-corrected chi connectivity index (χ0v) is 13.9. The van der Waals surface area contributed by atoms with Gasteiger partial charge in [0.15, 0.2) is 5.88 Å². The lowest BCUT2D eigenvalue weighted by atomic mass is 10.2. The molecule has 0 aliphatic rings. The Morgan fingerprint density at radius 3 is 2.86 bits per heavy atom. The van der Waals surface area contributed by atoms with Crippen LogP contribution in [0.2, 0.25) is 5.02 Å². The van der Waals surface area contributed by atoms with Crippen LogP contribution in [-0.4, -0.2) is 23.4 Å². The van der Waals surface area contributed by atoms with E-state index in [1.54, 1.807) is 31.5 Å². The van der Waals surface area contributed by atoms with Gasteiger partial charge in [-0.05, 0) is 36.4 Å². The van der Waals surface area contributed by atoms with E-state index in [2.05, 4.69) is 25.9 Å². The van der Waals surface area contributed by atoms with Gasteiger partial charge in [0.1, 0.15) is 11.4 Å². The Labute approximate surface area is 140 Å². The number of aromatic amines is 1. The Balaban J connectivity index is 2.08. The summed E-state index contributed by atoms with van der Waals surface area (Å²) in [4.78, 5) is 7.31. The number of H-pyrrole nitrogens is 1. The standard InChI is InChI=1S/C16H12BrClN2O2/c1-22-15-5-3-10(18)7-14(15)19-8-12-11-6-9(17)2-4-13(11)20-16(12)21/h2-8,20-21H,1H3. The predicted molar refractivity (Wildman–Crippen MR) is 92.9 cm³/mol. The molecule has 22 heavy (non-hydrogen) atoms. The third-order valence-corrected chi connectivity index (χ3v) is 3.98. The first-order valence-corrected chi connectivity index (χ1v) is 7.63. The van der Waals surface area contributed by atoms with Crippen LogP contribution in [0.4, 0.5) is 5.69 Å². The van der Waals surface area contributed by atoms with Crippen LogP contribution in [-0.2, 0) is 0 Å². The summed E-state index contributed by atoms with van der Waals surface area (Å²) in [5.41, 5.74) is 2.04. The van der Waals surface area contributed by atoms with E-state index in [1.807, 2.05) is 18.2 Å². The van der Waals surface area contributed by atoms with E-state index in [0.717, 1.165) is 15.4 Å². The fourth-order valence-corrected chi connectivity index (χ4v) is 2.73. The maximum Gasteiger partial charge on any atom is 0.198 e. The predicted octanol–water partition coefficient (Wildman–Crippen LogP) is 5.05. The highest BCUT2D eigenvalue weighted by molar-refractivity contribution is 9.10. The molecular formula is C16H12BrClN2O2. The SMILES string of the molecule is COc1ccc(Cl)cc1N=Cc1c(O)[nH]c2ccc(Br)cc12. The van der Waals surface area contributed by atoms with Crippen molar-refractivity contribution in [3.8, 4) is 11.6 Å². The summed E-state index contributed by atoms with van der Waals surface area (Å²) in [5, 5.41) is 11.5. The van der Waals surface area contributed by atoms with Crippen molar-refractivity contribution in [1.82, 2.24) is 4.98 Å². The van der Waals surface area contributed by atoms with E-state index >= 15 is 0 Å². The summed E-state index contributed by atoms with van der Waals surface area (Å²) in [5.74, 6) is 0.680. The first-order valence-electron chi connectivity index (χ1n) is 6.46. The maximum absolute atomic E-state index is 10.1. The van der Waals surface area contributed by atoms with Crippen LogP contribution in [0.1, 0.15) is 5.56 Å². The highest BCUT2D eigenvalue weighted by atomic mass is 79.9. The Morgan fingerprint density at radius 1 is 1.27 bits per heavy atom. The molecule has 0 atom stereocenters. The number of ether oxygens (including phenoxy) is 1. The summed E-state index contributed by atoms with van der Waals surface area (Å²) in [7, 11) is 1.57. The van der Waals surface area contributed by atoms with Crippen LogP contribution in [0.15, 0.2) is 45.9 Å². The molecule has 2 aromatic carbocycles. The van der Waals surface area contributed by atoms with Crippen molar-refractivity contribution in [2.75, 3.05) is 7.11 Å².